The average Bonchev–Trinajstić information content (AvgIpc) is 2.86. The number of benzene rings is 2. The first kappa shape index (κ1) is 27.5. The van der Waals surface area contributed by atoms with Gasteiger partial charge in [-0.25, -0.2) is 23.1 Å². The van der Waals surface area contributed by atoms with Gasteiger partial charge in [-0.1, -0.05) is 25.5 Å². The number of aryl methyl sites for hydroxylation is 1. The number of hydrogen-bond acceptors (Lipinski definition) is 5. The van der Waals surface area contributed by atoms with E-state index in [4.69, 9.17) is 9.47 Å². The van der Waals surface area contributed by atoms with Gasteiger partial charge in [-0.2, -0.15) is 17.6 Å². The highest BCUT2D eigenvalue weighted by molar-refractivity contribution is 5.66. The fourth-order valence-electron chi connectivity index (χ4n) is 3.86. The molecular formula is C26H21F7N2O3. The lowest BCUT2D eigenvalue weighted by atomic mass is 10.0. The lowest BCUT2D eigenvalue weighted by Gasteiger charge is -2.29. The SMILES string of the molecule is CCCc1cnc(C2COC(c3ccc(-c4cc(F)c(OC(F)(F)C=C(F)F)c(F)c4)c(F)c3)OC2)nc1. The molecule has 1 fully saturated rings. The van der Waals surface area contributed by atoms with Gasteiger partial charge in [-0.3, -0.25) is 0 Å². The third-order valence-corrected chi connectivity index (χ3v) is 5.62. The molecule has 5 nitrogen and oxygen atoms in total. The van der Waals surface area contributed by atoms with Crippen molar-refractivity contribution in [3.63, 3.8) is 0 Å². The largest absolute Gasteiger partial charge is 0.425 e. The molecule has 1 aliphatic heterocycles. The highest BCUT2D eigenvalue weighted by Gasteiger charge is 2.33. The van der Waals surface area contributed by atoms with Gasteiger partial charge >= 0.3 is 6.11 Å². The first-order valence-electron chi connectivity index (χ1n) is 11.5. The number of hydrogen-bond donors (Lipinski definition) is 0. The molecule has 202 valence electrons. The predicted molar refractivity (Wildman–Crippen MR) is 121 cm³/mol. The quantitative estimate of drug-likeness (QED) is 0.285. The zero-order valence-electron chi connectivity index (χ0n) is 19.9. The Hall–Kier alpha value is -3.51. The summed E-state index contributed by atoms with van der Waals surface area (Å²) in [7, 11) is 0. The number of rotatable bonds is 8. The minimum absolute atomic E-state index is 0.213. The van der Waals surface area contributed by atoms with Crippen LogP contribution in [0, 0.1) is 17.5 Å². The lowest BCUT2D eigenvalue weighted by molar-refractivity contribution is -0.192. The normalized spacial score (nSPS) is 17.8. The Morgan fingerprint density at radius 1 is 1.00 bits per heavy atom. The highest BCUT2D eigenvalue weighted by Crippen LogP contribution is 2.36. The summed E-state index contributed by atoms with van der Waals surface area (Å²) < 4.78 is 110. The lowest BCUT2D eigenvalue weighted by Crippen LogP contribution is -2.27. The van der Waals surface area contributed by atoms with Gasteiger partial charge in [0, 0.05) is 23.5 Å². The summed E-state index contributed by atoms with van der Waals surface area (Å²) in [4.78, 5) is 8.70. The summed E-state index contributed by atoms with van der Waals surface area (Å²) in [6.45, 7) is 2.48. The molecule has 0 aliphatic carbocycles. The van der Waals surface area contributed by atoms with Crippen molar-refractivity contribution in [2.24, 2.45) is 0 Å². The first-order chi connectivity index (χ1) is 18.1. The van der Waals surface area contributed by atoms with Crippen molar-refractivity contribution in [3.05, 3.63) is 89.3 Å². The summed E-state index contributed by atoms with van der Waals surface area (Å²) in [6, 6.07) is 4.78. The van der Waals surface area contributed by atoms with Crippen LogP contribution in [0.5, 0.6) is 5.75 Å². The van der Waals surface area contributed by atoms with Crippen molar-refractivity contribution >= 4 is 0 Å². The van der Waals surface area contributed by atoms with Crippen molar-refractivity contribution in [2.75, 3.05) is 13.2 Å². The van der Waals surface area contributed by atoms with Gasteiger partial charge < -0.3 is 14.2 Å². The van der Waals surface area contributed by atoms with Crippen LogP contribution in [0.15, 0.2) is 54.9 Å². The molecule has 2 aromatic carbocycles. The molecule has 0 unspecified atom stereocenters. The second-order valence-electron chi connectivity index (χ2n) is 8.50. The summed E-state index contributed by atoms with van der Waals surface area (Å²) in [5.74, 6) is -5.41. The fraction of sp³-hybridized carbons (Fsp3) is 0.308. The minimum atomic E-state index is -4.67. The van der Waals surface area contributed by atoms with Crippen molar-refractivity contribution < 1.29 is 44.9 Å². The molecule has 0 atom stereocenters. The van der Waals surface area contributed by atoms with Crippen molar-refractivity contribution in [2.45, 2.75) is 38.1 Å². The molecule has 1 saturated heterocycles. The van der Waals surface area contributed by atoms with Gasteiger partial charge in [0.2, 0.25) is 0 Å². The first-order valence-corrected chi connectivity index (χ1v) is 11.5. The Labute approximate surface area is 212 Å². The molecule has 3 aromatic rings. The Balaban J connectivity index is 1.46. The molecule has 2 heterocycles. The van der Waals surface area contributed by atoms with Gasteiger partial charge in [0.15, 0.2) is 23.7 Å². The van der Waals surface area contributed by atoms with Crippen molar-refractivity contribution in [1.29, 1.82) is 0 Å². The Kier molecular flexibility index (Phi) is 8.32. The van der Waals surface area contributed by atoms with E-state index in [1.807, 2.05) is 0 Å². The van der Waals surface area contributed by atoms with Gasteiger partial charge in [-0.15, -0.1) is 0 Å². The van der Waals surface area contributed by atoms with E-state index in [1.165, 1.54) is 12.1 Å². The van der Waals surface area contributed by atoms with E-state index < -0.39 is 47.8 Å². The van der Waals surface area contributed by atoms with Gasteiger partial charge in [0.1, 0.15) is 11.6 Å². The van der Waals surface area contributed by atoms with E-state index in [-0.39, 0.29) is 30.3 Å². The standard InChI is InChI=1S/C26H21F7N2O3/c1-2-3-14-10-34-24(35-11-14)17-12-36-25(37-13-17)15-4-5-18(19(27)6-15)16-7-20(28)23(21(29)8-16)38-26(32,33)9-22(30)31/h4-11,17,25H,2-3,12-13H2,1H3. The number of aromatic nitrogens is 2. The van der Waals surface area contributed by atoms with Crippen LogP contribution >= 0.6 is 0 Å². The topological polar surface area (TPSA) is 53.5 Å². The van der Waals surface area contributed by atoms with Crippen LogP contribution in [0.1, 0.15) is 42.5 Å². The van der Waals surface area contributed by atoms with Crippen LogP contribution in [0.4, 0.5) is 30.7 Å². The maximum atomic E-state index is 14.9. The second kappa shape index (κ2) is 11.5. The van der Waals surface area contributed by atoms with Crippen molar-refractivity contribution in [1.82, 2.24) is 9.97 Å². The molecular weight excluding hydrogens is 521 g/mol. The summed E-state index contributed by atoms with van der Waals surface area (Å²) in [6.07, 6.45) is -3.93. The van der Waals surface area contributed by atoms with E-state index >= 15 is 0 Å². The molecule has 12 heteroatoms. The average molecular weight is 542 g/mol. The maximum Gasteiger partial charge on any atom is 0.425 e. The third kappa shape index (κ3) is 6.48. The van der Waals surface area contributed by atoms with Crippen LogP contribution in [0.25, 0.3) is 11.1 Å². The molecule has 0 amide bonds. The molecule has 38 heavy (non-hydrogen) atoms. The minimum Gasteiger partial charge on any atom is -0.423 e. The van der Waals surface area contributed by atoms with Crippen LogP contribution < -0.4 is 4.74 Å². The van der Waals surface area contributed by atoms with Gasteiger partial charge in [0.25, 0.3) is 6.08 Å². The summed E-state index contributed by atoms with van der Waals surface area (Å²) >= 11 is 0. The molecule has 0 spiro atoms. The molecule has 1 aromatic heterocycles. The maximum absolute atomic E-state index is 14.9. The smallest absolute Gasteiger partial charge is 0.423 e. The molecule has 0 radical (unpaired) electrons. The summed E-state index contributed by atoms with van der Waals surface area (Å²) in [5.41, 5.74) is 0.728. The van der Waals surface area contributed by atoms with E-state index in [9.17, 15) is 30.7 Å². The molecule has 1 aliphatic rings. The second-order valence-corrected chi connectivity index (χ2v) is 8.50. The summed E-state index contributed by atoms with van der Waals surface area (Å²) in [5, 5.41) is 0. The zero-order valence-corrected chi connectivity index (χ0v) is 19.9. The highest BCUT2D eigenvalue weighted by atomic mass is 19.3. The van der Waals surface area contributed by atoms with E-state index in [0.717, 1.165) is 24.5 Å². The Morgan fingerprint density at radius 2 is 1.63 bits per heavy atom. The molecule has 4 rings (SSSR count). The predicted octanol–water partition coefficient (Wildman–Crippen LogP) is 7.09. The number of nitrogens with zero attached hydrogens (tertiary/aromatic N) is 2. The monoisotopic (exact) mass is 542 g/mol. The number of halogens is 7. The van der Waals surface area contributed by atoms with Crippen LogP contribution in [-0.4, -0.2) is 29.3 Å². The Morgan fingerprint density at radius 3 is 2.18 bits per heavy atom. The third-order valence-electron chi connectivity index (χ3n) is 5.62. The zero-order chi connectivity index (χ0) is 27.4. The molecule has 0 saturated carbocycles. The van der Waals surface area contributed by atoms with Crippen molar-refractivity contribution in [3.8, 4) is 16.9 Å². The fourth-order valence-corrected chi connectivity index (χ4v) is 3.86. The van der Waals surface area contributed by atoms with E-state index in [2.05, 4.69) is 21.6 Å². The number of alkyl halides is 2. The number of ether oxygens (including phenoxy) is 3. The van der Waals surface area contributed by atoms with Gasteiger partial charge in [0.05, 0.1) is 25.2 Å². The van der Waals surface area contributed by atoms with Crippen LogP contribution in [0.3, 0.4) is 0 Å². The Bertz CT molecular complexity index is 1280. The molecule has 0 N–H and O–H groups in total. The van der Waals surface area contributed by atoms with E-state index in [1.54, 1.807) is 12.4 Å². The van der Waals surface area contributed by atoms with Crippen LogP contribution in [0.2, 0.25) is 0 Å². The van der Waals surface area contributed by atoms with Crippen LogP contribution in [-0.2, 0) is 15.9 Å². The van der Waals surface area contributed by atoms with E-state index in [0.29, 0.717) is 23.5 Å². The molecule has 0 bridgehead atoms. The van der Waals surface area contributed by atoms with Gasteiger partial charge in [-0.05, 0) is 35.7 Å².